The number of piperazine rings is 1. The van der Waals surface area contributed by atoms with Crippen LogP contribution in [-0.2, 0) is 0 Å². The first kappa shape index (κ1) is 15.3. The number of hydrogen-bond acceptors (Lipinski definition) is 5. The van der Waals surface area contributed by atoms with Crippen molar-refractivity contribution in [3.05, 3.63) is 42.5 Å². The third kappa shape index (κ3) is 3.44. The standard InChI is InChI=1S/C18H24N4O/c1-2-23-18-13-15(20)5-8-17(18)22-11-9-21(10-12-22)16-6-3-14(19)4-7-16/h3-8,13H,2,9-12,19-20H2,1H3. The highest BCUT2D eigenvalue weighted by atomic mass is 16.5. The smallest absolute Gasteiger partial charge is 0.144 e. The largest absolute Gasteiger partial charge is 0.492 e. The van der Waals surface area contributed by atoms with Gasteiger partial charge in [-0.05, 0) is 43.3 Å². The fourth-order valence-corrected chi connectivity index (χ4v) is 2.95. The van der Waals surface area contributed by atoms with Crippen molar-refractivity contribution in [2.45, 2.75) is 6.92 Å². The van der Waals surface area contributed by atoms with E-state index in [1.807, 2.05) is 31.2 Å². The van der Waals surface area contributed by atoms with E-state index in [1.165, 1.54) is 5.69 Å². The molecular formula is C18H24N4O. The number of nitrogens with two attached hydrogens (primary N) is 2. The molecule has 0 aromatic heterocycles. The van der Waals surface area contributed by atoms with Crippen LogP contribution < -0.4 is 26.0 Å². The number of hydrogen-bond donors (Lipinski definition) is 2. The molecule has 1 saturated heterocycles. The lowest BCUT2D eigenvalue weighted by Crippen LogP contribution is -2.46. The molecule has 0 unspecified atom stereocenters. The zero-order chi connectivity index (χ0) is 16.2. The second-order valence-corrected chi connectivity index (χ2v) is 5.73. The van der Waals surface area contributed by atoms with Gasteiger partial charge in [0.2, 0.25) is 0 Å². The first-order chi connectivity index (χ1) is 11.2. The highest BCUT2D eigenvalue weighted by molar-refractivity contribution is 5.65. The third-order valence-corrected chi connectivity index (χ3v) is 4.16. The summed E-state index contributed by atoms with van der Waals surface area (Å²) in [6, 6.07) is 14.0. The normalized spacial score (nSPS) is 14.8. The van der Waals surface area contributed by atoms with Gasteiger partial charge < -0.3 is 26.0 Å². The molecule has 2 aromatic carbocycles. The van der Waals surface area contributed by atoms with E-state index in [2.05, 4.69) is 28.0 Å². The van der Waals surface area contributed by atoms with Gasteiger partial charge in [0.05, 0.1) is 12.3 Å². The number of benzene rings is 2. The van der Waals surface area contributed by atoms with E-state index in [-0.39, 0.29) is 0 Å². The molecule has 1 aliphatic rings. The topological polar surface area (TPSA) is 67.8 Å². The molecule has 0 atom stereocenters. The molecule has 0 spiro atoms. The molecule has 5 nitrogen and oxygen atoms in total. The van der Waals surface area contributed by atoms with Gasteiger partial charge in [-0.3, -0.25) is 0 Å². The van der Waals surface area contributed by atoms with Crippen LogP contribution in [0.2, 0.25) is 0 Å². The van der Waals surface area contributed by atoms with Crippen LogP contribution in [0.25, 0.3) is 0 Å². The number of anilines is 4. The Labute approximate surface area is 137 Å². The Morgan fingerprint density at radius 2 is 1.48 bits per heavy atom. The molecule has 0 aliphatic carbocycles. The minimum atomic E-state index is 0.641. The van der Waals surface area contributed by atoms with Gasteiger partial charge in [-0.15, -0.1) is 0 Å². The highest BCUT2D eigenvalue weighted by Crippen LogP contribution is 2.32. The fourth-order valence-electron chi connectivity index (χ4n) is 2.95. The van der Waals surface area contributed by atoms with Gasteiger partial charge in [0.15, 0.2) is 0 Å². The molecule has 1 heterocycles. The predicted octanol–water partition coefficient (Wildman–Crippen LogP) is 2.58. The van der Waals surface area contributed by atoms with E-state index in [1.54, 1.807) is 0 Å². The summed E-state index contributed by atoms with van der Waals surface area (Å²) in [5.74, 6) is 0.869. The van der Waals surface area contributed by atoms with Crippen molar-refractivity contribution >= 4 is 22.7 Å². The summed E-state index contributed by atoms with van der Waals surface area (Å²) in [6.45, 7) is 6.48. The monoisotopic (exact) mass is 312 g/mol. The summed E-state index contributed by atoms with van der Waals surface area (Å²) >= 11 is 0. The number of ether oxygens (including phenoxy) is 1. The van der Waals surface area contributed by atoms with Crippen molar-refractivity contribution < 1.29 is 4.74 Å². The molecule has 0 radical (unpaired) electrons. The highest BCUT2D eigenvalue weighted by Gasteiger charge is 2.20. The number of nitrogen functional groups attached to an aromatic ring is 2. The molecule has 1 aliphatic heterocycles. The minimum absolute atomic E-state index is 0.641. The van der Waals surface area contributed by atoms with Gasteiger partial charge in [0.1, 0.15) is 5.75 Å². The third-order valence-electron chi connectivity index (χ3n) is 4.16. The summed E-state index contributed by atoms with van der Waals surface area (Å²) in [5.41, 5.74) is 15.5. The number of nitrogens with zero attached hydrogens (tertiary/aromatic N) is 2. The van der Waals surface area contributed by atoms with E-state index >= 15 is 0 Å². The van der Waals surface area contributed by atoms with E-state index < -0.39 is 0 Å². The van der Waals surface area contributed by atoms with Gasteiger partial charge in [0, 0.05) is 49.3 Å². The van der Waals surface area contributed by atoms with Gasteiger partial charge in [-0.25, -0.2) is 0 Å². The van der Waals surface area contributed by atoms with Crippen molar-refractivity contribution in [3.63, 3.8) is 0 Å². The van der Waals surface area contributed by atoms with Gasteiger partial charge in [0.25, 0.3) is 0 Å². The maximum Gasteiger partial charge on any atom is 0.144 e. The summed E-state index contributed by atoms with van der Waals surface area (Å²) < 4.78 is 5.75. The second kappa shape index (κ2) is 6.69. The van der Waals surface area contributed by atoms with Crippen molar-refractivity contribution in [1.82, 2.24) is 0 Å². The molecule has 5 heteroatoms. The molecule has 23 heavy (non-hydrogen) atoms. The van der Waals surface area contributed by atoms with Crippen LogP contribution in [-0.4, -0.2) is 32.8 Å². The first-order valence-corrected chi connectivity index (χ1v) is 8.05. The quantitative estimate of drug-likeness (QED) is 0.849. The minimum Gasteiger partial charge on any atom is -0.492 e. The van der Waals surface area contributed by atoms with Crippen LogP contribution in [0.1, 0.15) is 6.92 Å². The summed E-state index contributed by atoms with van der Waals surface area (Å²) in [4.78, 5) is 4.74. The van der Waals surface area contributed by atoms with Crippen LogP contribution in [0.4, 0.5) is 22.7 Å². The van der Waals surface area contributed by atoms with Crippen molar-refractivity contribution in [3.8, 4) is 5.75 Å². The molecule has 0 bridgehead atoms. The fraction of sp³-hybridized carbons (Fsp3) is 0.333. The molecule has 3 rings (SSSR count). The molecule has 122 valence electrons. The molecule has 2 aromatic rings. The van der Waals surface area contributed by atoms with Crippen LogP contribution >= 0.6 is 0 Å². The predicted molar refractivity (Wildman–Crippen MR) is 97.3 cm³/mol. The molecule has 4 N–H and O–H groups in total. The van der Waals surface area contributed by atoms with Crippen LogP contribution in [0, 0.1) is 0 Å². The average molecular weight is 312 g/mol. The van der Waals surface area contributed by atoms with Crippen molar-refractivity contribution in [2.24, 2.45) is 0 Å². The Bertz CT molecular complexity index is 649. The van der Waals surface area contributed by atoms with Gasteiger partial charge >= 0.3 is 0 Å². The SMILES string of the molecule is CCOc1cc(N)ccc1N1CCN(c2ccc(N)cc2)CC1. The first-order valence-electron chi connectivity index (χ1n) is 8.05. The Kier molecular flexibility index (Phi) is 4.46. The molecule has 1 fully saturated rings. The lowest BCUT2D eigenvalue weighted by Gasteiger charge is -2.38. The van der Waals surface area contributed by atoms with E-state index in [4.69, 9.17) is 16.2 Å². The van der Waals surface area contributed by atoms with Crippen molar-refractivity contribution in [2.75, 3.05) is 54.1 Å². The summed E-state index contributed by atoms with van der Waals surface area (Å²) in [7, 11) is 0. The Balaban J connectivity index is 1.70. The number of rotatable bonds is 4. The maximum atomic E-state index is 5.88. The Hall–Kier alpha value is -2.56. The molecule has 0 amide bonds. The average Bonchev–Trinajstić information content (AvgIpc) is 2.56. The second-order valence-electron chi connectivity index (χ2n) is 5.73. The zero-order valence-electron chi connectivity index (χ0n) is 13.5. The zero-order valence-corrected chi connectivity index (χ0v) is 13.5. The summed E-state index contributed by atoms with van der Waals surface area (Å²) in [6.07, 6.45) is 0. The van der Waals surface area contributed by atoms with Crippen LogP contribution in [0.15, 0.2) is 42.5 Å². The van der Waals surface area contributed by atoms with E-state index in [0.29, 0.717) is 6.61 Å². The van der Waals surface area contributed by atoms with Crippen LogP contribution in [0.3, 0.4) is 0 Å². The van der Waals surface area contributed by atoms with Gasteiger partial charge in [-0.2, -0.15) is 0 Å². The lowest BCUT2D eigenvalue weighted by molar-refractivity contribution is 0.340. The Morgan fingerprint density at radius 3 is 2.13 bits per heavy atom. The Morgan fingerprint density at radius 1 is 0.870 bits per heavy atom. The lowest BCUT2D eigenvalue weighted by atomic mass is 10.2. The van der Waals surface area contributed by atoms with Crippen molar-refractivity contribution in [1.29, 1.82) is 0 Å². The van der Waals surface area contributed by atoms with Crippen LogP contribution in [0.5, 0.6) is 5.75 Å². The maximum absolute atomic E-state index is 5.88. The summed E-state index contributed by atoms with van der Waals surface area (Å²) in [5, 5.41) is 0. The molecule has 0 saturated carbocycles. The van der Waals surface area contributed by atoms with E-state index in [0.717, 1.165) is 49.0 Å². The molecular weight excluding hydrogens is 288 g/mol. The van der Waals surface area contributed by atoms with E-state index in [9.17, 15) is 0 Å². The van der Waals surface area contributed by atoms with Gasteiger partial charge in [-0.1, -0.05) is 0 Å².